The van der Waals surface area contributed by atoms with Gasteiger partial charge in [-0.1, -0.05) is 24.3 Å². The number of rotatable bonds is 1. The zero-order valence-corrected chi connectivity index (χ0v) is 9.38. The van der Waals surface area contributed by atoms with Crippen LogP contribution in [0, 0.1) is 13.8 Å². The Hall–Kier alpha value is -1.12. The summed E-state index contributed by atoms with van der Waals surface area (Å²) in [5.41, 5.74) is 11.2. The fourth-order valence-electron chi connectivity index (χ4n) is 1.89. The van der Waals surface area contributed by atoms with Crippen LogP contribution in [0.4, 0.5) is 0 Å². The van der Waals surface area contributed by atoms with E-state index < -0.39 is 0 Å². The maximum Gasteiger partial charge on any atom is 0.0357 e. The lowest BCUT2D eigenvalue weighted by Gasteiger charge is -2.20. The molecule has 0 aromatic heterocycles. The van der Waals surface area contributed by atoms with Gasteiger partial charge in [0.25, 0.3) is 0 Å². The Morgan fingerprint density at radius 3 is 2.73 bits per heavy atom. The van der Waals surface area contributed by atoms with Crippen LogP contribution in [-0.2, 0) is 0 Å². The molecule has 0 saturated heterocycles. The van der Waals surface area contributed by atoms with Gasteiger partial charge in [0.2, 0.25) is 0 Å². The lowest BCUT2D eigenvalue weighted by atomic mass is 9.97. The first-order chi connectivity index (χ1) is 7.16. The molecule has 1 heterocycles. The minimum atomic E-state index is 0.148. The molecule has 0 bridgehead atoms. The number of nitrogens with two attached hydrogens (primary N) is 1. The second-order valence-electron chi connectivity index (χ2n) is 4.29. The van der Waals surface area contributed by atoms with E-state index >= 15 is 0 Å². The summed E-state index contributed by atoms with van der Waals surface area (Å²) in [6, 6.07) is 6.73. The molecule has 0 saturated carbocycles. The number of hydrogen-bond acceptors (Lipinski definition) is 2. The molecule has 3 N–H and O–H groups in total. The number of benzene rings is 1. The van der Waals surface area contributed by atoms with Crippen molar-refractivity contribution < 1.29 is 0 Å². The van der Waals surface area contributed by atoms with E-state index in [0.29, 0.717) is 0 Å². The molecule has 15 heavy (non-hydrogen) atoms. The van der Waals surface area contributed by atoms with E-state index in [2.05, 4.69) is 43.4 Å². The monoisotopic (exact) mass is 202 g/mol. The minimum Gasteiger partial charge on any atom is -0.323 e. The van der Waals surface area contributed by atoms with Gasteiger partial charge in [-0.3, -0.25) is 0 Å². The summed E-state index contributed by atoms with van der Waals surface area (Å²) in [5, 5.41) is 3.32. The van der Waals surface area contributed by atoms with Gasteiger partial charge in [-0.15, -0.1) is 0 Å². The van der Waals surface area contributed by atoms with Crippen LogP contribution in [0.25, 0.3) is 5.57 Å². The third kappa shape index (κ3) is 2.28. The molecule has 0 fully saturated rings. The highest BCUT2D eigenvalue weighted by Gasteiger charge is 2.10. The highest BCUT2D eigenvalue weighted by Crippen LogP contribution is 2.19. The maximum atomic E-state index is 5.89. The Bertz CT molecular complexity index is 394. The maximum absolute atomic E-state index is 5.89. The van der Waals surface area contributed by atoms with Gasteiger partial charge in [0.15, 0.2) is 0 Å². The van der Waals surface area contributed by atoms with Crippen molar-refractivity contribution in [2.75, 3.05) is 13.1 Å². The topological polar surface area (TPSA) is 38.0 Å². The number of hydrogen-bond donors (Lipinski definition) is 2. The fourth-order valence-corrected chi connectivity index (χ4v) is 1.89. The van der Waals surface area contributed by atoms with Gasteiger partial charge in [0.05, 0.1) is 0 Å². The fraction of sp³-hybridized carbons (Fsp3) is 0.385. The summed E-state index contributed by atoms with van der Waals surface area (Å²) in [5.74, 6) is 0. The van der Waals surface area contributed by atoms with Crippen LogP contribution < -0.4 is 11.1 Å². The predicted octanol–water partition coefficient (Wildman–Crippen LogP) is 1.62. The Labute approximate surface area is 91.2 Å². The zero-order chi connectivity index (χ0) is 10.8. The first kappa shape index (κ1) is 10.4. The summed E-state index contributed by atoms with van der Waals surface area (Å²) in [4.78, 5) is 0. The van der Waals surface area contributed by atoms with Gasteiger partial charge in [0.1, 0.15) is 0 Å². The number of aryl methyl sites for hydroxylation is 2. The molecule has 0 spiro atoms. The molecule has 1 aliphatic rings. The molecule has 0 radical (unpaired) electrons. The highest BCUT2D eigenvalue weighted by molar-refractivity contribution is 5.69. The molecule has 1 aromatic carbocycles. The van der Waals surface area contributed by atoms with Crippen molar-refractivity contribution in [2.45, 2.75) is 19.9 Å². The molecule has 1 atom stereocenters. The van der Waals surface area contributed by atoms with Crippen molar-refractivity contribution in [1.29, 1.82) is 0 Å². The summed E-state index contributed by atoms with van der Waals surface area (Å²) in [7, 11) is 0. The highest BCUT2D eigenvalue weighted by atomic mass is 14.9. The van der Waals surface area contributed by atoms with Gasteiger partial charge in [0, 0.05) is 19.1 Å². The average Bonchev–Trinajstić information content (AvgIpc) is 2.22. The van der Waals surface area contributed by atoms with Crippen molar-refractivity contribution in [3.8, 4) is 0 Å². The third-order valence-corrected chi connectivity index (χ3v) is 2.99. The molecule has 0 aliphatic carbocycles. The van der Waals surface area contributed by atoms with E-state index in [4.69, 9.17) is 5.73 Å². The van der Waals surface area contributed by atoms with Crippen LogP contribution in [0.3, 0.4) is 0 Å². The van der Waals surface area contributed by atoms with Crippen molar-refractivity contribution in [3.63, 3.8) is 0 Å². The Morgan fingerprint density at radius 2 is 2.07 bits per heavy atom. The number of nitrogens with one attached hydrogen (secondary N) is 1. The molecule has 80 valence electrons. The average molecular weight is 202 g/mol. The molecule has 2 heteroatoms. The molecule has 2 rings (SSSR count). The molecule has 0 amide bonds. The van der Waals surface area contributed by atoms with Crippen molar-refractivity contribution in [1.82, 2.24) is 5.32 Å². The Kier molecular flexibility index (Phi) is 2.89. The van der Waals surface area contributed by atoms with E-state index in [1.165, 1.54) is 22.3 Å². The molecule has 2 nitrogen and oxygen atoms in total. The van der Waals surface area contributed by atoms with Crippen LogP contribution in [0.2, 0.25) is 0 Å². The van der Waals surface area contributed by atoms with Crippen LogP contribution >= 0.6 is 0 Å². The first-order valence-corrected chi connectivity index (χ1v) is 5.41. The lowest BCUT2D eigenvalue weighted by molar-refractivity contribution is 0.663. The zero-order valence-electron chi connectivity index (χ0n) is 9.38. The molecular formula is C13H18N2. The Morgan fingerprint density at radius 1 is 1.27 bits per heavy atom. The van der Waals surface area contributed by atoms with E-state index in [1.807, 2.05) is 0 Å². The molecular weight excluding hydrogens is 184 g/mol. The van der Waals surface area contributed by atoms with Gasteiger partial charge in [-0.25, -0.2) is 0 Å². The molecule has 1 aliphatic heterocycles. The lowest BCUT2D eigenvalue weighted by Crippen LogP contribution is -2.37. The van der Waals surface area contributed by atoms with Gasteiger partial charge >= 0.3 is 0 Å². The quantitative estimate of drug-likeness (QED) is 0.726. The van der Waals surface area contributed by atoms with Gasteiger partial charge in [-0.2, -0.15) is 0 Å². The van der Waals surface area contributed by atoms with Gasteiger partial charge in [-0.05, 0) is 36.1 Å². The van der Waals surface area contributed by atoms with Crippen LogP contribution in [0.15, 0.2) is 24.3 Å². The minimum absolute atomic E-state index is 0.148. The first-order valence-electron chi connectivity index (χ1n) is 5.41. The summed E-state index contributed by atoms with van der Waals surface area (Å²) < 4.78 is 0. The van der Waals surface area contributed by atoms with Crippen molar-refractivity contribution in [3.05, 3.63) is 41.0 Å². The van der Waals surface area contributed by atoms with Gasteiger partial charge < -0.3 is 11.1 Å². The van der Waals surface area contributed by atoms with Crippen LogP contribution in [-0.4, -0.2) is 19.1 Å². The molecule has 1 unspecified atom stereocenters. The second-order valence-corrected chi connectivity index (χ2v) is 4.29. The normalized spacial score (nSPS) is 21.3. The Balaban J connectivity index is 2.33. The predicted molar refractivity (Wildman–Crippen MR) is 64.7 cm³/mol. The van der Waals surface area contributed by atoms with E-state index in [0.717, 1.165) is 13.1 Å². The second kappa shape index (κ2) is 4.17. The standard InChI is InChI=1S/C13H18N2/c1-9-3-4-11(5-10(9)2)12-6-13(14)8-15-7-12/h3-6,13,15H,7-8,14H2,1-2H3. The SMILES string of the molecule is Cc1ccc(C2=CC(N)CNC2)cc1C. The van der Waals surface area contributed by atoms with E-state index in [9.17, 15) is 0 Å². The largest absolute Gasteiger partial charge is 0.323 e. The molecule has 1 aromatic rings. The third-order valence-electron chi connectivity index (χ3n) is 2.99. The van der Waals surface area contributed by atoms with Crippen molar-refractivity contribution >= 4 is 5.57 Å². The summed E-state index contributed by atoms with van der Waals surface area (Å²) in [6.45, 7) is 6.10. The van der Waals surface area contributed by atoms with Crippen molar-refractivity contribution in [2.24, 2.45) is 5.73 Å². The van der Waals surface area contributed by atoms with E-state index in [1.54, 1.807) is 0 Å². The van der Waals surface area contributed by atoms with Crippen LogP contribution in [0.1, 0.15) is 16.7 Å². The smallest absolute Gasteiger partial charge is 0.0357 e. The summed E-state index contributed by atoms with van der Waals surface area (Å²) in [6.07, 6.45) is 2.17. The van der Waals surface area contributed by atoms with Crippen LogP contribution in [0.5, 0.6) is 0 Å². The van der Waals surface area contributed by atoms with E-state index in [-0.39, 0.29) is 6.04 Å². The summed E-state index contributed by atoms with van der Waals surface area (Å²) >= 11 is 0.